The minimum absolute atomic E-state index is 0.0810. The van der Waals surface area contributed by atoms with Crippen molar-refractivity contribution >= 4 is 15.8 Å². The standard InChI is InChI=1S/C15H21NO4S/c1-11(13-7-9-20-10-8-13)16-21(18,19)15-5-3-14(4-6-15)12(2)17/h3-6,11,13,16H,7-10H2,1-2H3. The van der Waals surface area contributed by atoms with Gasteiger partial charge in [-0.2, -0.15) is 0 Å². The van der Waals surface area contributed by atoms with Crippen molar-refractivity contribution in [1.82, 2.24) is 4.72 Å². The fourth-order valence-electron chi connectivity index (χ4n) is 2.49. The van der Waals surface area contributed by atoms with Gasteiger partial charge in [0.2, 0.25) is 10.0 Å². The lowest BCUT2D eigenvalue weighted by Gasteiger charge is -2.28. The minimum Gasteiger partial charge on any atom is -0.381 e. The zero-order valence-corrected chi connectivity index (χ0v) is 13.2. The molecule has 6 heteroatoms. The van der Waals surface area contributed by atoms with Crippen LogP contribution in [0.25, 0.3) is 0 Å². The zero-order chi connectivity index (χ0) is 15.5. The number of hydrogen-bond donors (Lipinski definition) is 1. The third-order valence-corrected chi connectivity index (χ3v) is 5.46. The van der Waals surface area contributed by atoms with Crippen molar-refractivity contribution in [1.29, 1.82) is 0 Å². The van der Waals surface area contributed by atoms with E-state index in [4.69, 9.17) is 4.74 Å². The summed E-state index contributed by atoms with van der Waals surface area (Å²) in [5.41, 5.74) is 0.506. The average molecular weight is 311 g/mol. The highest BCUT2D eigenvalue weighted by Gasteiger charge is 2.25. The van der Waals surface area contributed by atoms with Crippen molar-refractivity contribution in [3.05, 3.63) is 29.8 Å². The van der Waals surface area contributed by atoms with Gasteiger partial charge >= 0.3 is 0 Å². The summed E-state index contributed by atoms with van der Waals surface area (Å²) in [4.78, 5) is 11.4. The van der Waals surface area contributed by atoms with Crippen molar-refractivity contribution < 1.29 is 17.9 Å². The molecule has 1 heterocycles. The van der Waals surface area contributed by atoms with Crippen LogP contribution in [0.3, 0.4) is 0 Å². The maximum atomic E-state index is 12.3. The van der Waals surface area contributed by atoms with Gasteiger partial charge in [0.25, 0.3) is 0 Å². The van der Waals surface area contributed by atoms with Gasteiger partial charge in [-0.3, -0.25) is 4.79 Å². The van der Waals surface area contributed by atoms with Crippen molar-refractivity contribution in [2.24, 2.45) is 5.92 Å². The maximum absolute atomic E-state index is 12.3. The number of rotatable bonds is 5. The first-order chi connectivity index (χ1) is 9.90. The van der Waals surface area contributed by atoms with Crippen LogP contribution in [0.4, 0.5) is 0 Å². The molecular formula is C15H21NO4S. The Morgan fingerprint density at radius 3 is 2.33 bits per heavy atom. The number of benzene rings is 1. The topological polar surface area (TPSA) is 72.5 Å². The van der Waals surface area contributed by atoms with Crippen LogP contribution in [0.15, 0.2) is 29.2 Å². The molecule has 1 N–H and O–H groups in total. The molecule has 1 aromatic rings. The van der Waals surface area contributed by atoms with Gasteiger partial charge in [0.1, 0.15) is 0 Å². The van der Waals surface area contributed by atoms with Crippen LogP contribution in [-0.2, 0) is 14.8 Å². The van der Waals surface area contributed by atoms with Crippen LogP contribution < -0.4 is 4.72 Å². The van der Waals surface area contributed by atoms with E-state index in [0.717, 1.165) is 12.8 Å². The van der Waals surface area contributed by atoms with Crippen molar-refractivity contribution in [3.8, 4) is 0 Å². The number of Topliss-reactive ketones (excluding diaryl/α,β-unsaturated/α-hetero) is 1. The average Bonchev–Trinajstić information content (AvgIpc) is 2.48. The molecule has 2 rings (SSSR count). The Labute approximate surface area is 125 Å². The number of carbonyl (C=O) groups is 1. The summed E-state index contributed by atoms with van der Waals surface area (Å²) in [5.74, 6) is 0.215. The summed E-state index contributed by atoms with van der Waals surface area (Å²) in [6.45, 7) is 4.71. The van der Waals surface area contributed by atoms with E-state index in [9.17, 15) is 13.2 Å². The first-order valence-electron chi connectivity index (χ1n) is 7.11. The molecule has 0 aliphatic carbocycles. The Morgan fingerprint density at radius 1 is 1.24 bits per heavy atom. The molecule has 1 saturated heterocycles. The van der Waals surface area contributed by atoms with E-state index < -0.39 is 10.0 Å². The van der Waals surface area contributed by atoms with Crippen LogP contribution in [0.5, 0.6) is 0 Å². The zero-order valence-electron chi connectivity index (χ0n) is 12.3. The molecule has 0 saturated carbocycles. The molecule has 21 heavy (non-hydrogen) atoms. The first-order valence-corrected chi connectivity index (χ1v) is 8.59. The molecule has 1 unspecified atom stereocenters. The molecule has 1 atom stereocenters. The molecule has 1 aliphatic heterocycles. The minimum atomic E-state index is -3.55. The lowest BCUT2D eigenvalue weighted by atomic mass is 9.94. The largest absolute Gasteiger partial charge is 0.381 e. The van der Waals surface area contributed by atoms with E-state index >= 15 is 0 Å². The van der Waals surface area contributed by atoms with Gasteiger partial charge in [0.15, 0.2) is 5.78 Å². The Bertz CT molecular complexity index is 589. The number of carbonyl (C=O) groups excluding carboxylic acids is 1. The molecule has 0 spiro atoms. The van der Waals surface area contributed by atoms with Gasteiger partial charge in [-0.15, -0.1) is 0 Å². The SMILES string of the molecule is CC(=O)c1ccc(S(=O)(=O)NC(C)C2CCOCC2)cc1. The lowest BCUT2D eigenvalue weighted by molar-refractivity contribution is 0.0585. The molecule has 0 bridgehead atoms. The summed E-state index contributed by atoms with van der Waals surface area (Å²) in [6.07, 6.45) is 1.74. The second kappa shape index (κ2) is 6.68. The second-order valence-electron chi connectivity index (χ2n) is 5.44. The molecule has 116 valence electrons. The van der Waals surface area contributed by atoms with Crippen LogP contribution in [0.1, 0.15) is 37.0 Å². The first kappa shape index (κ1) is 16.1. The van der Waals surface area contributed by atoms with E-state index in [-0.39, 0.29) is 16.7 Å². The summed E-state index contributed by atoms with van der Waals surface area (Å²) >= 11 is 0. The Morgan fingerprint density at radius 2 is 1.81 bits per heavy atom. The summed E-state index contributed by atoms with van der Waals surface area (Å²) in [7, 11) is -3.55. The Hall–Kier alpha value is -1.24. The number of nitrogens with one attached hydrogen (secondary N) is 1. The molecular weight excluding hydrogens is 290 g/mol. The molecule has 0 amide bonds. The smallest absolute Gasteiger partial charge is 0.240 e. The van der Waals surface area contributed by atoms with Crippen molar-refractivity contribution in [2.45, 2.75) is 37.6 Å². The normalized spacial score (nSPS) is 18.4. The highest BCUT2D eigenvalue weighted by Crippen LogP contribution is 2.20. The number of sulfonamides is 1. The maximum Gasteiger partial charge on any atom is 0.240 e. The highest BCUT2D eigenvalue weighted by molar-refractivity contribution is 7.89. The highest BCUT2D eigenvalue weighted by atomic mass is 32.2. The Balaban J connectivity index is 2.08. The fourth-order valence-corrected chi connectivity index (χ4v) is 3.81. The number of ether oxygens (including phenoxy) is 1. The lowest BCUT2D eigenvalue weighted by Crippen LogP contribution is -2.40. The van der Waals surface area contributed by atoms with Gasteiger partial charge in [0.05, 0.1) is 4.90 Å². The second-order valence-corrected chi connectivity index (χ2v) is 7.15. The van der Waals surface area contributed by atoms with Crippen LogP contribution >= 0.6 is 0 Å². The monoisotopic (exact) mass is 311 g/mol. The predicted molar refractivity (Wildman–Crippen MR) is 79.8 cm³/mol. The molecule has 1 aromatic carbocycles. The van der Waals surface area contributed by atoms with E-state index in [2.05, 4.69) is 4.72 Å². The summed E-state index contributed by atoms with van der Waals surface area (Å²) in [6, 6.07) is 5.88. The van der Waals surface area contributed by atoms with Crippen molar-refractivity contribution in [3.63, 3.8) is 0 Å². The third-order valence-electron chi connectivity index (χ3n) is 3.89. The quantitative estimate of drug-likeness (QED) is 0.844. The van der Waals surface area contributed by atoms with Gasteiger partial charge in [-0.05, 0) is 44.7 Å². The molecule has 0 radical (unpaired) electrons. The van der Waals surface area contributed by atoms with E-state index in [1.54, 1.807) is 0 Å². The fraction of sp³-hybridized carbons (Fsp3) is 0.533. The summed E-state index contributed by atoms with van der Waals surface area (Å²) in [5, 5.41) is 0. The molecule has 1 fully saturated rings. The predicted octanol–water partition coefficient (Wildman–Crippen LogP) is 1.98. The molecule has 5 nitrogen and oxygen atoms in total. The van der Waals surface area contributed by atoms with Gasteiger partial charge in [-0.25, -0.2) is 13.1 Å². The van der Waals surface area contributed by atoms with E-state index in [1.165, 1.54) is 31.2 Å². The number of ketones is 1. The van der Waals surface area contributed by atoms with Crippen LogP contribution in [-0.4, -0.2) is 33.5 Å². The van der Waals surface area contributed by atoms with Gasteiger partial charge in [-0.1, -0.05) is 12.1 Å². The van der Waals surface area contributed by atoms with Gasteiger partial charge in [0, 0.05) is 24.8 Å². The van der Waals surface area contributed by atoms with Crippen LogP contribution in [0, 0.1) is 5.92 Å². The number of hydrogen-bond acceptors (Lipinski definition) is 4. The Kier molecular flexibility index (Phi) is 5.13. The third kappa shape index (κ3) is 4.12. The van der Waals surface area contributed by atoms with E-state index in [0.29, 0.717) is 24.7 Å². The van der Waals surface area contributed by atoms with Crippen molar-refractivity contribution in [2.75, 3.05) is 13.2 Å². The van der Waals surface area contributed by atoms with Crippen LogP contribution in [0.2, 0.25) is 0 Å². The molecule has 1 aliphatic rings. The molecule has 0 aromatic heterocycles. The summed E-state index contributed by atoms with van der Waals surface area (Å²) < 4.78 is 32.7. The van der Waals surface area contributed by atoms with Gasteiger partial charge < -0.3 is 4.74 Å². The van der Waals surface area contributed by atoms with E-state index in [1.807, 2.05) is 6.92 Å².